The van der Waals surface area contributed by atoms with Crippen molar-refractivity contribution in [1.82, 2.24) is 20.2 Å². The summed E-state index contributed by atoms with van der Waals surface area (Å²) in [5, 5.41) is 11.4. The van der Waals surface area contributed by atoms with Gasteiger partial charge in [0.1, 0.15) is 12.0 Å². The molecule has 0 aliphatic rings. The summed E-state index contributed by atoms with van der Waals surface area (Å²) in [6, 6.07) is 6.89. The standard InChI is InChI=1S/C10H10N4O2/c1-14-12-10(11-13-14)7-16-9-4-2-3-8(5-9)6-15/h2-6H,7H2,1H3. The predicted molar refractivity (Wildman–Crippen MR) is 55.0 cm³/mol. The highest BCUT2D eigenvalue weighted by Gasteiger charge is 2.01. The van der Waals surface area contributed by atoms with E-state index in [1.54, 1.807) is 31.3 Å². The van der Waals surface area contributed by atoms with E-state index < -0.39 is 0 Å². The lowest BCUT2D eigenvalue weighted by Gasteiger charge is -2.02. The number of hydrogen-bond donors (Lipinski definition) is 0. The number of carbonyl (C=O) groups is 1. The number of rotatable bonds is 4. The van der Waals surface area contributed by atoms with Gasteiger partial charge in [0.25, 0.3) is 0 Å². The van der Waals surface area contributed by atoms with Crippen molar-refractivity contribution in [2.75, 3.05) is 0 Å². The molecule has 0 bridgehead atoms. The van der Waals surface area contributed by atoms with Crippen LogP contribution in [0.15, 0.2) is 24.3 Å². The van der Waals surface area contributed by atoms with E-state index in [0.717, 1.165) is 6.29 Å². The van der Waals surface area contributed by atoms with E-state index in [0.29, 0.717) is 17.1 Å². The summed E-state index contributed by atoms with van der Waals surface area (Å²) in [6.07, 6.45) is 0.771. The Morgan fingerprint density at radius 3 is 3.06 bits per heavy atom. The molecular formula is C10H10N4O2. The van der Waals surface area contributed by atoms with E-state index >= 15 is 0 Å². The smallest absolute Gasteiger partial charge is 0.212 e. The number of tetrazole rings is 1. The second kappa shape index (κ2) is 4.52. The van der Waals surface area contributed by atoms with Gasteiger partial charge in [-0.25, -0.2) is 0 Å². The van der Waals surface area contributed by atoms with E-state index in [2.05, 4.69) is 15.4 Å². The molecule has 16 heavy (non-hydrogen) atoms. The molecule has 0 aliphatic carbocycles. The van der Waals surface area contributed by atoms with Gasteiger partial charge in [-0.3, -0.25) is 4.79 Å². The van der Waals surface area contributed by atoms with Crippen molar-refractivity contribution in [2.24, 2.45) is 7.05 Å². The van der Waals surface area contributed by atoms with E-state index in [1.165, 1.54) is 4.80 Å². The highest BCUT2D eigenvalue weighted by Crippen LogP contribution is 2.12. The molecule has 0 aliphatic heterocycles. The van der Waals surface area contributed by atoms with Crippen molar-refractivity contribution in [1.29, 1.82) is 0 Å². The SMILES string of the molecule is Cn1nnc(COc2cccc(C=O)c2)n1. The van der Waals surface area contributed by atoms with Gasteiger partial charge >= 0.3 is 0 Å². The third kappa shape index (κ3) is 2.41. The molecule has 0 saturated heterocycles. The monoisotopic (exact) mass is 218 g/mol. The summed E-state index contributed by atoms with van der Waals surface area (Å²) in [7, 11) is 1.68. The predicted octanol–water partition coefficient (Wildman–Crippen LogP) is 0.602. The minimum absolute atomic E-state index is 0.232. The van der Waals surface area contributed by atoms with Crippen molar-refractivity contribution in [2.45, 2.75) is 6.61 Å². The van der Waals surface area contributed by atoms with Crippen molar-refractivity contribution in [3.05, 3.63) is 35.7 Å². The Morgan fingerprint density at radius 1 is 1.50 bits per heavy atom. The summed E-state index contributed by atoms with van der Waals surface area (Å²) in [5.41, 5.74) is 0.574. The summed E-state index contributed by atoms with van der Waals surface area (Å²) in [5.74, 6) is 1.11. The van der Waals surface area contributed by atoms with E-state index in [9.17, 15) is 4.79 Å². The van der Waals surface area contributed by atoms with Crippen LogP contribution in [0.4, 0.5) is 0 Å². The number of carbonyl (C=O) groups excluding carboxylic acids is 1. The number of benzene rings is 1. The highest BCUT2D eigenvalue weighted by molar-refractivity contribution is 5.75. The molecule has 2 aromatic rings. The van der Waals surface area contributed by atoms with Crippen LogP contribution in [-0.2, 0) is 13.7 Å². The second-order valence-electron chi connectivity index (χ2n) is 3.17. The van der Waals surface area contributed by atoms with Gasteiger partial charge in [0, 0.05) is 5.56 Å². The fourth-order valence-corrected chi connectivity index (χ4v) is 1.21. The lowest BCUT2D eigenvalue weighted by atomic mass is 10.2. The molecule has 0 amide bonds. The Morgan fingerprint density at radius 2 is 2.38 bits per heavy atom. The number of nitrogens with zero attached hydrogens (tertiary/aromatic N) is 4. The zero-order chi connectivity index (χ0) is 11.4. The first-order chi connectivity index (χ1) is 7.78. The summed E-state index contributed by atoms with van der Waals surface area (Å²) in [6.45, 7) is 0.232. The lowest BCUT2D eigenvalue weighted by Crippen LogP contribution is -1.99. The molecule has 1 heterocycles. The Kier molecular flexibility index (Phi) is 2.90. The maximum absolute atomic E-state index is 10.5. The Hall–Kier alpha value is -2.24. The Bertz CT molecular complexity index is 495. The largest absolute Gasteiger partial charge is 0.485 e. The minimum atomic E-state index is 0.232. The first-order valence-corrected chi connectivity index (χ1v) is 4.69. The van der Waals surface area contributed by atoms with Crippen LogP contribution in [0.2, 0.25) is 0 Å². The molecule has 6 heteroatoms. The van der Waals surface area contributed by atoms with Crippen molar-refractivity contribution < 1.29 is 9.53 Å². The van der Waals surface area contributed by atoms with E-state index in [1.807, 2.05) is 0 Å². The first kappa shape index (κ1) is 10.3. The maximum atomic E-state index is 10.5. The quantitative estimate of drug-likeness (QED) is 0.703. The van der Waals surface area contributed by atoms with Gasteiger partial charge < -0.3 is 4.74 Å². The molecule has 0 fully saturated rings. The van der Waals surface area contributed by atoms with Crippen molar-refractivity contribution in [3.8, 4) is 5.75 Å². The minimum Gasteiger partial charge on any atom is -0.485 e. The van der Waals surface area contributed by atoms with Crippen LogP contribution in [0.3, 0.4) is 0 Å². The zero-order valence-corrected chi connectivity index (χ0v) is 8.70. The molecular weight excluding hydrogens is 208 g/mol. The number of aldehydes is 1. The first-order valence-electron chi connectivity index (χ1n) is 4.69. The van der Waals surface area contributed by atoms with Crippen LogP contribution in [0.1, 0.15) is 16.2 Å². The van der Waals surface area contributed by atoms with Gasteiger partial charge in [0.2, 0.25) is 5.82 Å². The second-order valence-corrected chi connectivity index (χ2v) is 3.17. The Balaban J connectivity index is 2.01. The molecule has 1 aromatic heterocycles. The van der Waals surface area contributed by atoms with Gasteiger partial charge in [-0.2, -0.15) is 4.80 Å². The van der Waals surface area contributed by atoms with Crippen LogP contribution < -0.4 is 4.74 Å². The van der Waals surface area contributed by atoms with Gasteiger partial charge in [-0.15, -0.1) is 10.2 Å². The fourth-order valence-electron chi connectivity index (χ4n) is 1.21. The summed E-state index contributed by atoms with van der Waals surface area (Å²) in [4.78, 5) is 11.9. The molecule has 0 N–H and O–H groups in total. The fraction of sp³-hybridized carbons (Fsp3) is 0.200. The number of ether oxygens (including phenoxy) is 1. The van der Waals surface area contributed by atoms with Crippen LogP contribution in [0.5, 0.6) is 5.75 Å². The third-order valence-electron chi connectivity index (χ3n) is 1.91. The topological polar surface area (TPSA) is 69.9 Å². The third-order valence-corrected chi connectivity index (χ3v) is 1.91. The van der Waals surface area contributed by atoms with Crippen LogP contribution in [0.25, 0.3) is 0 Å². The molecule has 0 saturated carbocycles. The molecule has 0 atom stereocenters. The number of aromatic nitrogens is 4. The van der Waals surface area contributed by atoms with Gasteiger partial charge in [0.15, 0.2) is 6.61 Å². The van der Waals surface area contributed by atoms with Gasteiger partial charge in [0.05, 0.1) is 7.05 Å². The van der Waals surface area contributed by atoms with Crippen LogP contribution in [0, 0.1) is 0 Å². The Labute approximate surface area is 91.8 Å². The van der Waals surface area contributed by atoms with Crippen molar-refractivity contribution in [3.63, 3.8) is 0 Å². The average Bonchev–Trinajstić information content (AvgIpc) is 2.73. The summed E-state index contributed by atoms with van der Waals surface area (Å²) >= 11 is 0. The molecule has 0 unspecified atom stereocenters. The molecule has 0 radical (unpaired) electrons. The van der Waals surface area contributed by atoms with E-state index in [-0.39, 0.29) is 6.61 Å². The van der Waals surface area contributed by atoms with Gasteiger partial charge in [-0.1, -0.05) is 12.1 Å². The molecule has 2 rings (SSSR count). The average molecular weight is 218 g/mol. The van der Waals surface area contributed by atoms with E-state index in [4.69, 9.17) is 4.74 Å². The molecule has 82 valence electrons. The van der Waals surface area contributed by atoms with Crippen LogP contribution in [-0.4, -0.2) is 26.5 Å². The highest BCUT2D eigenvalue weighted by atomic mass is 16.5. The summed E-state index contributed by atoms with van der Waals surface area (Å²) < 4.78 is 5.41. The maximum Gasteiger partial charge on any atom is 0.212 e. The van der Waals surface area contributed by atoms with Crippen LogP contribution >= 0.6 is 0 Å². The van der Waals surface area contributed by atoms with Crippen molar-refractivity contribution >= 4 is 6.29 Å². The van der Waals surface area contributed by atoms with Gasteiger partial charge in [-0.05, 0) is 17.3 Å². The lowest BCUT2D eigenvalue weighted by molar-refractivity contribution is 0.112. The number of aryl methyl sites for hydroxylation is 1. The molecule has 6 nitrogen and oxygen atoms in total. The zero-order valence-electron chi connectivity index (χ0n) is 8.70. The number of hydrogen-bond acceptors (Lipinski definition) is 5. The normalized spacial score (nSPS) is 10.1. The molecule has 0 spiro atoms. The molecule has 1 aromatic carbocycles.